The van der Waals surface area contributed by atoms with E-state index in [1.165, 1.54) is 0 Å². The van der Waals surface area contributed by atoms with Crippen LogP contribution in [0.15, 0.2) is 27.5 Å². The molecular formula is C20H28BrN3O2. The molecule has 2 heterocycles. The Hall–Kier alpha value is -1.24. The summed E-state index contributed by atoms with van der Waals surface area (Å²) in [5.41, 5.74) is 0.792. The average molecular weight is 422 g/mol. The number of nitrogens with zero attached hydrogens (tertiary/aromatic N) is 3. The lowest BCUT2D eigenvalue weighted by molar-refractivity contribution is 0.0785. The van der Waals surface area contributed by atoms with Crippen LogP contribution in [0.4, 0.5) is 0 Å². The van der Waals surface area contributed by atoms with Gasteiger partial charge in [0.15, 0.2) is 0 Å². The van der Waals surface area contributed by atoms with Crippen LogP contribution in [0.25, 0.3) is 10.9 Å². The van der Waals surface area contributed by atoms with Crippen molar-refractivity contribution in [1.29, 1.82) is 0 Å². The molecule has 6 heteroatoms. The first kappa shape index (κ1) is 19.5. The normalized spacial score (nSPS) is 19.8. The van der Waals surface area contributed by atoms with Gasteiger partial charge in [0.25, 0.3) is 5.56 Å². The number of hydrogen-bond donors (Lipinski definition) is 1. The monoisotopic (exact) mass is 421 g/mol. The number of aromatic nitrogens is 2. The number of aliphatic hydroxyl groups excluding tert-OH is 1. The van der Waals surface area contributed by atoms with Crippen LogP contribution in [-0.4, -0.2) is 39.3 Å². The van der Waals surface area contributed by atoms with E-state index in [2.05, 4.69) is 27.8 Å². The molecule has 1 aliphatic rings. The third-order valence-corrected chi connectivity index (χ3v) is 5.86. The molecule has 3 rings (SSSR count). The smallest absolute Gasteiger partial charge is 0.261 e. The molecule has 5 nitrogen and oxygen atoms in total. The highest BCUT2D eigenvalue weighted by molar-refractivity contribution is 9.10. The van der Waals surface area contributed by atoms with Gasteiger partial charge in [-0.3, -0.25) is 14.3 Å². The molecule has 0 bridgehead atoms. The highest BCUT2D eigenvalue weighted by Crippen LogP contribution is 2.30. The Balaban J connectivity index is 2.10. The fourth-order valence-electron chi connectivity index (χ4n) is 4.05. The molecule has 26 heavy (non-hydrogen) atoms. The first-order chi connectivity index (χ1) is 12.6. The van der Waals surface area contributed by atoms with Gasteiger partial charge in [0.1, 0.15) is 5.82 Å². The molecule has 0 unspecified atom stereocenters. The quantitative estimate of drug-likeness (QED) is 0.771. The maximum Gasteiger partial charge on any atom is 0.261 e. The predicted molar refractivity (Wildman–Crippen MR) is 108 cm³/mol. The highest BCUT2D eigenvalue weighted by atomic mass is 79.9. The van der Waals surface area contributed by atoms with Gasteiger partial charge in [-0.2, -0.15) is 0 Å². The van der Waals surface area contributed by atoms with Crippen LogP contribution in [-0.2, 0) is 6.54 Å². The molecule has 142 valence electrons. The summed E-state index contributed by atoms with van der Waals surface area (Å²) in [5.74, 6) is 1.19. The minimum atomic E-state index is 0.0330. The number of likely N-dealkylation sites (tertiary alicyclic amines) is 1. The lowest BCUT2D eigenvalue weighted by atomic mass is 9.96. The van der Waals surface area contributed by atoms with Crippen LogP contribution in [0, 0.1) is 5.92 Å². The van der Waals surface area contributed by atoms with Crippen LogP contribution in [0.3, 0.4) is 0 Å². The van der Waals surface area contributed by atoms with E-state index < -0.39 is 0 Å². The SMILES string of the molecule is CCC[C@H](c1nc2ccc(Br)cc2c(=O)n1CC)N1CCC[C@@H](CO)C1. The lowest BCUT2D eigenvalue weighted by Crippen LogP contribution is -2.41. The van der Waals surface area contributed by atoms with Crippen molar-refractivity contribution in [2.24, 2.45) is 5.92 Å². The molecule has 0 aliphatic carbocycles. The molecule has 1 aliphatic heterocycles. The van der Waals surface area contributed by atoms with Gasteiger partial charge >= 0.3 is 0 Å². The Morgan fingerprint density at radius 1 is 1.38 bits per heavy atom. The van der Waals surface area contributed by atoms with Crippen molar-refractivity contribution in [2.45, 2.75) is 52.1 Å². The molecule has 1 N–H and O–H groups in total. The lowest BCUT2D eigenvalue weighted by Gasteiger charge is -2.38. The second-order valence-electron chi connectivity index (χ2n) is 7.17. The minimum absolute atomic E-state index is 0.0330. The van der Waals surface area contributed by atoms with E-state index in [9.17, 15) is 9.90 Å². The molecule has 2 atom stereocenters. The summed E-state index contributed by atoms with van der Waals surface area (Å²) < 4.78 is 2.73. The number of piperidine rings is 1. The Bertz CT molecular complexity index is 821. The zero-order valence-corrected chi connectivity index (χ0v) is 17.2. The van der Waals surface area contributed by atoms with Crippen molar-refractivity contribution in [2.75, 3.05) is 19.7 Å². The first-order valence-corrected chi connectivity index (χ1v) is 10.4. The van der Waals surface area contributed by atoms with Gasteiger partial charge in [0.05, 0.1) is 16.9 Å². The average Bonchev–Trinajstić information content (AvgIpc) is 2.66. The maximum absolute atomic E-state index is 13.1. The maximum atomic E-state index is 13.1. The number of rotatable bonds is 6. The minimum Gasteiger partial charge on any atom is -0.396 e. The molecule has 1 saturated heterocycles. The predicted octanol–water partition coefficient (Wildman–Crippen LogP) is 3.72. The molecule has 1 aromatic heterocycles. The fourth-order valence-corrected chi connectivity index (χ4v) is 4.41. The molecule has 1 aromatic carbocycles. The highest BCUT2D eigenvalue weighted by Gasteiger charge is 2.29. The second kappa shape index (κ2) is 8.63. The zero-order chi connectivity index (χ0) is 18.7. The standard InChI is InChI=1S/C20H28BrN3O2/c1-3-6-18(23-10-5-7-14(12-23)13-25)19-22-17-9-8-15(21)11-16(17)20(26)24(19)4-2/h8-9,11,14,18,25H,3-7,10,12-13H2,1-2H3/t14-,18-/m1/s1. The van der Waals surface area contributed by atoms with E-state index in [4.69, 9.17) is 4.98 Å². The Morgan fingerprint density at radius 2 is 2.19 bits per heavy atom. The van der Waals surface area contributed by atoms with E-state index in [1.807, 2.05) is 29.7 Å². The van der Waals surface area contributed by atoms with Crippen molar-refractivity contribution in [1.82, 2.24) is 14.5 Å². The number of halogens is 1. The van der Waals surface area contributed by atoms with Crippen LogP contribution in [0.2, 0.25) is 0 Å². The Morgan fingerprint density at radius 3 is 2.88 bits per heavy atom. The van der Waals surface area contributed by atoms with Crippen LogP contribution in [0.1, 0.15) is 51.4 Å². The van der Waals surface area contributed by atoms with Crippen molar-refractivity contribution in [3.05, 3.63) is 38.9 Å². The summed E-state index contributed by atoms with van der Waals surface area (Å²) in [5, 5.41) is 10.3. The van der Waals surface area contributed by atoms with Gasteiger partial charge in [-0.05, 0) is 56.8 Å². The van der Waals surface area contributed by atoms with E-state index >= 15 is 0 Å². The van der Waals surface area contributed by atoms with Gasteiger partial charge in [-0.1, -0.05) is 29.3 Å². The number of benzene rings is 1. The summed E-state index contributed by atoms with van der Waals surface area (Å²) in [7, 11) is 0. The van der Waals surface area contributed by atoms with Crippen molar-refractivity contribution >= 4 is 26.8 Å². The molecule has 1 fully saturated rings. The van der Waals surface area contributed by atoms with Crippen LogP contribution < -0.4 is 5.56 Å². The summed E-state index contributed by atoms with van der Waals surface area (Å²) in [6.45, 7) is 6.90. The molecule has 2 aromatic rings. The topological polar surface area (TPSA) is 58.4 Å². The molecule has 0 amide bonds. The molecule has 0 spiro atoms. The van der Waals surface area contributed by atoms with E-state index in [0.29, 0.717) is 17.8 Å². The number of hydrogen-bond acceptors (Lipinski definition) is 4. The van der Waals surface area contributed by atoms with Gasteiger partial charge in [0, 0.05) is 24.2 Å². The second-order valence-corrected chi connectivity index (χ2v) is 8.09. The summed E-state index contributed by atoms with van der Waals surface area (Å²) in [4.78, 5) is 20.4. The zero-order valence-electron chi connectivity index (χ0n) is 15.6. The molecule has 0 radical (unpaired) electrons. The third-order valence-electron chi connectivity index (χ3n) is 5.37. The molecular weight excluding hydrogens is 394 g/mol. The van der Waals surface area contributed by atoms with Gasteiger partial charge < -0.3 is 5.11 Å². The number of fused-ring (bicyclic) bond motifs is 1. The van der Waals surface area contributed by atoms with Crippen molar-refractivity contribution in [3.63, 3.8) is 0 Å². The fraction of sp³-hybridized carbons (Fsp3) is 0.600. The third kappa shape index (κ3) is 3.87. The van der Waals surface area contributed by atoms with Gasteiger partial charge in [-0.25, -0.2) is 4.98 Å². The Kier molecular flexibility index (Phi) is 6.48. The van der Waals surface area contributed by atoms with Crippen LogP contribution in [0.5, 0.6) is 0 Å². The van der Waals surface area contributed by atoms with E-state index in [1.54, 1.807) is 0 Å². The van der Waals surface area contributed by atoms with Crippen molar-refractivity contribution < 1.29 is 5.11 Å². The van der Waals surface area contributed by atoms with Gasteiger partial charge in [-0.15, -0.1) is 0 Å². The van der Waals surface area contributed by atoms with Gasteiger partial charge in [0.2, 0.25) is 0 Å². The van der Waals surface area contributed by atoms with Crippen molar-refractivity contribution in [3.8, 4) is 0 Å². The summed E-state index contributed by atoms with van der Waals surface area (Å²) in [6, 6.07) is 5.83. The largest absolute Gasteiger partial charge is 0.396 e. The summed E-state index contributed by atoms with van der Waals surface area (Å²) >= 11 is 3.45. The molecule has 0 saturated carbocycles. The van der Waals surface area contributed by atoms with E-state index in [-0.39, 0.29) is 18.2 Å². The van der Waals surface area contributed by atoms with E-state index in [0.717, 1.165) is 54.6 Å². The summed E-state index contributed by atoms with van der Waals surface area (Å²) in [6.07, 6.45) is 4.16. The first-order valence-electron chi connectivity index (χ1n) is 9.63. The number of aliphatic hydroxyl groups is 1. The van der Waals surface area contributed by atoms with Crippen LogP contribution >= 0.6 is 15.9 Å². The Labute approximate surface area is 163 Å².